The molecule has 2 heteroatoms. The van der Waals surface area contributed by atoms with Crippen molar-refractivity contribution in [2.45, 2.75) is 124 Å². The van der Waals surface area contributed by atoms with Crippen LogP contribution in [0, 0.1) is 46.3 Å². The van der Waals surface area contributed by atoms with Crippen molar-refractivity contribution in [1.29, 1.82) is 0 Å². The summed E-state index contributed by atoms with van der Waals surface area (Å²) >= 11 is 0. The van der Waals surface area contributed by atoms with Gasteiger partial charge in [0.25, 0.3) is 0 Å². The first-order chi connectivity index (χ1) is 18.1. The maximum absolute atomic E-state index is 13.0. The first-order valence-corrected chi connectivity index (χ1v) is 16.1. The summed E-state index contributed by atoms with van der Waals surface area (Å²) in [5.74, 6) is 4.92. The molecule has 3 saturated carbocycles. The average Bonchev–Trinajstić information content (AvgIpc) is 3.26. The van der Waals surface area contributed by atoms with Crippen LogP contribution in [0.15, 0.2) is 42.0 Å². The highest BCUT2D eigenvalue weighted by atomic mass is 16.5. The molecule has 0 heterocycles. The number of esters is 1. The molecule has 1 unspecified atom stereocenters. The molecule has 9 atom stereocenters. The van der Waals surface area contributed by atoms with Crippen molar-refractivity contribution < 1.29 is 9.53 Å². The number of rotatable bonds is 8. The Hall–Kier alpha value is -1.57. The van der Waals surface area contributed by atoms with E-state index in [1.54, 1.807) is 5.57 Å². The Balaban J connectivity index is 1.23. The predicted octanol–water partition coefficient (Wildman–Crippen LogP) is 9.74. The van der Waals surface area contributed by atoms with Gasteiger partial charge in [0.1, 0.15) is 6.10 Å². The summed E-state index contributed by atoms with van der Waals surface area (Å²) in [4.78, 5) is 13.0. The van der Waals surface area contributed by atoms with Gasteiger partial charge in [-0.25, -0.2) is 0 Å². The number of carbonyl (C=O) groups excluding carboxylic acids is 1. The van der Waals surface area contributed by atoms with Gasteiger partial charge in [0.05, 0.1) is 5.92 Å². The van der Waals surface area contributed by atoms with E-state index in [1.165, 1.54) is 57.8 Å². The van der Waals surface area contributed by atoms with E-state index in [2.05, 4.69) is 40.7 Å². The topological polar surface area (TPSA) is 26.3 Å². The van der Waals surface area contributed by atoms with E-state index >= 15 is 0 Å². The molecule has 0 bridgehead atoms. The minimum absolute atomic E-state index is 0.0425. The standard InChI is InChI=1S/C36H54O2/c1-24(2)11-10-12-25(3)31-17-18-32-30-16-15-28-23-29(38-34(37)26(4)27-13-8-7-9-14-27)19-21-35(28,5)33(30)20-22-36(31,32)6/h7-9,13-15,24-26,29-33H,10-12,16-23H2,1-6H3/t25-,26?,29+,30+,31-,32+,33+,35+,36-/m1/s1. The second-order valence-electron chi connectivity index (χ2n) is 14.7. The summed E-state index contributed by atoms with van der Waals surface area (Å²) in [6.45, 7) is 14.6. The second-order valence-corrected chi connectivity index (χ2v) is 14.7. The van der Waals surface area contributed by atoms with Crippen molar-refractivity contribution >= 4 is 5.97 Å². The highest BCUT2D eigenvalue weighted by Crippen LogP contribution is 2.67. The number of benzene rings is 1. The lowest BCUT2D eigenvalue weighted by Crippen LogP contribution is -2.51. The van der Waals surface area contributed by atoms with Crippen LogP contribution in [0.25, 0.3) is 0 Å². The Morgan fingerprint density at radius 3 is 2.45 bits per heavy atom. The highest BCUT2D eigenvalue weighted by Gasteiger charge is 2.59. The molecule has 4 aliphatic rings. The third-order valence-corrected chi connectivity index (χ3v) is 12.2. The molecule has 0 N–H and O–H groups in total. The van der Waals surface area contributed by atoms with Crippen molar-refractivity contribution in [3.05, 3.63) is 47.5 Å². The fourth-order valence-electron chi connectivity index (χ4n) is 9.90. The third kappa shape index (κ3) is 5.15. The van der Waals surface area contributed by atoms with Crippen molar-refractivity contribution in [2.24, 2.45) is 46.3 Å². The minimum atomic E-state index is -0.201. The van der Waals surface area contributed by atoms with E-state index in [-0.39, 0.29) is 18.0 Å². The van der Waals surface area contributed by atoms with Gasteiger partial charge in [0.2, 0.25) is 0 Å². The number of carbonyl (C=O) groups is 1. The number of allylic oxidation sites excluding steroid dienone is 1. The Kier molecular flexibility index (Phi) is 8.19. The van der Waals surface area contributed by atoms with Crippen LogP contribution in [0.2, 0.25) is 0 Å². The lowest BCUT2D eigenvalue weighted by Gasteiger charge is -2.58. The van der Waals surface area contributed by atoms with E-state index in [9.17, 15) is 4.79 Å². The SMILES string of the molecule is CC(C)CCC[C@@H](C)[C@H]1CC[C@H]2[C@@H]3CC=C4C[C@@H](OC(=O)C(C)c5ccccc5)CC[C@]4(C)[C@H]3CC[C@]12C. The quantitative estimate of drug-likeness (QED) is 0.253. The van der Waals surface area contributed by atoms with Crippen molar-refractivity contribution in [3.8, 4) is 0 Å². The molecule has 1 aromatic rings. The molecule has 0 aromatic heterocycles. The summed E-state index contributed by atoms with van der Waals surface area (Å²) in [5, 5.41) is 0. The van der Waals surface area contributed by atoms with E-state index in [4.69, 9.17) is 4.74 Å². The van der Waals surface area contributed by atoms with E-state index in [0.717, 1.165) is 53.9 Å². The zero-order valence-corrected chi connectivity index (χ0v) is 25.2. The van der Waals surface area contributed by atoms with Gasteiger partial charge in [0, 0.05) is 6.42 Å². The van der Waals surface area contributed by atoms with Crippen LogP contribution >= 0.6 is 0 Å². The summed E-state index contributed by atoms with van der Waals surface area (Å²) in [7, 11) is 0. The Morgan fingerprint density at radius 2 is 1.71 bits per heavy atom. The van der Waals surface area contributed by atoms with E-state index < -0.39 is 0 Å². The second kappa shape index (κ2) is 11.1. The first kappa shape index (κ1) is 28.0. The monoisotopic (exact) mass is 518 g/mol. The van der Waals surface area contributed by atoms with Gasteiger partial charge in [-0.15, -0.1) is 0 Å². The van der Waals surface area contributed by atoms with Gasteiger partial charge in [-0.2, -0.15) is 0 Å². The zero-order chi connectivity index (χ0) is 27.1. The zero-order valence-electron chi connectivity index (χ0n) is 25.2. The molecule has 3 fully saturated rings. The molecule has 210 valence electrons. The normalized spacial score (nSPS) is 38.0. The van der Waals surface area contributed by atoms with Crippen LogP contribution in [0.3, 0.4) is 0 Å². The van der Waals surface area contributed by atoms with Crippen LogP contribution in [-0.2, 0) is 9.53 Å². The van der Waals surface area contributed by atoms with Crippen LogP contribution in [-0.4, -0.2) is 12.1 Å². The summed E-state index contributed by atoms with van der Waals surface area (Å²) in [5.41, 5.74) is 3.50. The molecule has 38 heavy (non-hydrogen) atoms. The van der Waals surface area contributed by atoms with E-state index in [1.807, 2.05) is 37.3 Å². The highest BCUT2D eigenvalue weighted by molar-refractivity contribution is 5.77. The van der Waals surface area contributed by atoms with Gasteiger partial charge in [-0.1, -0.05) is 95.9 Å². The maximum Gasteiger partial charge on any atom is 0.313 e. The average molecular weight is 519 g/mol. The van der Waals surface area contributed by atoms with E-state index in [0.29, 0.717) is 10.8 Å². The van der Waals surface area contributed by atoms with Crippen LogP contribution < -0.4 is 0 Å². The molecule has 0 aliphatic heterocycles. The molecular weight excluding hydrogens is 464 g/mol. The van der Waals surface area contributed by atoms with Crippen molar-refractivity contribution in [3.63, 3.8) is 0 Å². The van der Waals surface area contributed by atoms with Gasteiger partial charge >= 0.3 is 5.97 Å². The number of fused-ring (bicyclic) bond motifs is 5. The molecule has 2 nitrogen and oxygen atoms in total. The largest absolute Gasteiger partial charge is 0.462 e. The summed E-state index contributed by atoms with van der Waals surface area (Å²) < 4.78 is 6.13. The van der Waals surface area contributed by atoms with Crippen LogP contribution in [0.5, 0.6) is 0 Å². The fourth-order valence-corrected chi connectivity index (χ4v) is 9.90. The molecule has 5 rings (SSSR count). The summed E-state index contributed by atoms with van der Waals surface area (Å²) in [6, 6.07) is 10.1. The lowest BCUT2D eigenvalue weighted by atomic mass is 9.47. The van der Waals surface area contributed by atoms with Crippen LogP contribution in [0.1, 0.15) is 124 Å². The number of ether oxygens (including phenoxy) is 1. The first-order valence-electron chi connectivity index (χ1n) is 16.1. The van der Waals surface area contributed by atoms with Gasteiger partial charge in [-0.3, -0.25) is 4.79 Å². The minimum Gasteiger partial charge on any atom is -0.462 e. The third-order valence-electron chi connectivity index (χ3n) is 12.2. The predicted molar refractivity (Wildman–Crippen MR) is 158 cm³/mol. The molecule has 0 saturated heterocycles. The Labute approximate surface area is 233 Å². The Bertz CT molecular complexity index is 994. The molecule has 0 radical (unpaired) electrons. The number of hydrogen-bond acceptors (Lipinski definition) is 2. The smallest absolute Gasteiger partial charge is 0.313 e. The number of hydrogen-bond donors (Lipinski definition) is 0. The molecule has 1 aromatic carbocycles. The molecule has 0 amide bonds. The molecule has 0 spiro atoms. The fraction of sp³-hybridized carbons (Fsp3) is 0.750. The summed E-state index contributed by atoms with van der Waals surface area (Å²) in [6.07, 6.45) is 17.0. The maximum atomic E-state index is 13.0. The van der Waals surface area contributed by atoms with Crippen molar-refractivity contribution in [1.82, 2.24) is 0 Å². The van der Waals surface area contributed by atoms with Crippen LogP contribution in [0.4, 0.5) is 0 Å². The van der Waals surface area contributed by atoms with Gasteiger partial charge in [-0.05, 0) is 104 Å². The Morgan fingerprint density at radius 1 is 0.947 bits per heavy atom. The van der Waals surface area contributed by atoms with Gasteiger partial charge < -0.3 is 4.74 Å². The lowest BCUT2D eigenvalue weighted by molar-refractivity contribution is -0.153. The molecular formula is C36H54O2. The van der Waals surface area contributed by atoms with Crippen molar-refractivity contribution in [2.75, 3.05) is 0 Å². The van der Waals surface area contributed by atoms with Gasteiger partial charge in [0.15, 0.2) is 0 Å². The molecule has 4 aliphatic carbocycles.